The third-order valence-corrected chi connectivity index (χ3v) is 12.7. The average Bonchev–Trinajstić information content (AvgIpc) is 1.96. The molecule has 0 radical (unpaired) electrons. The molecule has 0 heterocycles. The first-order chi connectivity index (χ1) is 7.50. The molecule has 0 amide bonds. The third kappa shape index (κ3) is 6.02. The van der Waals surface area contributed by atoms with Gasteiger partial charge in [0, 0.05) is 16.1 Å². The zero-order chi connectivity index (χ0) is 13.9. The zero-order valence-electron chi connectivity index (χ0n) is 12.9. The minimum atomic E-state index is -1.22. The standard InChI is InChI=1S/C14H32OSi2/c1-9-10-13(15)11-12(2)14(16(3,4)5)17(6,7)8/h13-15H,2,9-11H2,1,3-8H3. The van der Waals surface area contributed by atoms with Crippen LogP contribution < -0.4 is 0 Å². The molecule has 3 heteroatoms. The molecule has 0 aliphatic rings. The van der Waals surface area contributed by atoms with Crippen LogP contribution in [0.15, 0.2) is 12.2 Å². The van der Waals surface area contributed by atoms with E-state index in [0.29, 0.717) is 5.16 Å². The van der Waals surface area contributed by atoms with Gasteiger partial charge in [-0.15, -0.1) is 6.58 Å². The Morgan fingerprint density at radius 1 is 1.06 bits per heavy atom. The Kier molecular flexibility index (Phi) is 6.39. The lowest BCUT2D eigenvalue weighted by Crippen LogP contribution is -2.45. The van der Waals surface area contributed by atoms with E-state index < -0.39 is 16.1 Å². The minimum absolute atomic E-state index is 0.178. The second kappa shape index (κ2) is 6.34. The molecule has 0 saturated carbocycles. The normalized spacial score (nSPS) is 15.1. The lowest BCUT2D eigenvalue weighted by Gasteiger charge is -2.40. The summed E-state index contributed by atoms with van der Waals surface area (Å²) in [6, 6.07) is 0. The molecule has 1 nitrogen and oxygen atoms in total. The van der Waals surface area contributed by atoms with Crippen LogP contribution in [-0.2, 0) is 0 Å². The summed E-state index contributed by atoms with van der Waals surface area (Å²) in [5.41, 5.74) is 1.32. The summed E-state index contributed by atoms with van der Waals surface area (Å²) in [7, 11) is -2.45. The van der Waals surface area contributed by atoms with E-state index in [1.165, 1.54) is 5.57 Å². The van der Waals surface area contributed by atoms with Crippen molar-refractivity contribution in [3.63, 3.8) is 0 Å². The largest absolute Gasteiger partial charge is 0.393 e. The predicted molar refractivity (Wildman–Crippen MR) is 85.1 cm³/mol. The van der Waals surface area contributed by atoms with Crippen LogP contribution in [0.5, 0.6) is 0 Å². The Morgan fingerprint density at radius 3 is 1.76 bits per heavy atom. The maximum atomic E-state index is 9.97. The van der Waals surface area contributed by atoms with Gasteiger partial charge >= 0.3 is 0 Å². The van der Waals surface area contributed by atoms with Crippen molar-refractivity contribution in [2.24, 2.45) is 0 Å². The van der Waals surface area contributed by atoms with E-state index in [2.05, 4.69) is 52.8 Å². The van der Waals surface area contributed by atoms with Crippen LogP contribution in [0.4, 0.5) is 0 Å². The Hall–Kier alpha value is 0.134. The smallest absolute Gasteiger partial charge is 0.0577 e. The fourth-order valence-corrected chi connectivity index (χ4v) is 16.5. The second-order valence-electron chi connectivity index (χ2n) is 7.47. The van der Waals surface area contributed by atoms with E-state index in [-0.39, 0.29) is 6.10 Å². The Morgan fingerprint density at radius 2 is 1.47 bits per heavy atom. The lowest BCUT2D eigenvalue weighted by molar-refractivity contribution is 0.163. The first kappa shape index (κ1) is 17.1. The zero-order valence-corrected chi connectivity index (χ0v) is 14.9. The van der Waals surface area contributed by atoms with E-state index in [9.17, 15) is 5.11 Å². The van der Waals surface area contributed by atoms with E-state index in [4.69, 9.17) is 0 Å². The summed E-state index contributed by atoms with van der Waals surface area (Å²) in [5, 5.41) is 10.7. The van der Waals surface area contributed by atoms with E-state index in [1.54, 1.807) is 0 Å². The molecule has 0 aromatic rings. The van der Waals surface area contributed by atoms with Crippen molar-refractivity contribution >= 4 is 16.1 Å². The van der Waals surface area contributed by atoms with Crippen molar-refractivity contribution in [3.05, 3.63) is 12.2 Å². The Balaban J connectivity index is 4.80. The van der Waals surface area contributed by atoms with Gasteiger partial charge in [0.25, 0.3) is 0 Å². The van der Waals surface area contributed by atoms with Crippen molar-refractivity contribution in [1.82, 2.24) is 0 Å². The highest BCUT2D eigenvalue weighted by molar-refractivity contribution is 6.97. The van der Waals surface area contributed by atoms with Crippen LogP contribution in [-0.4, -0.2) is 27.4 Å². The van der Waals surface area contributed by atoms with Gasteiger partial charge in [-0.1, -0.05) is 58.2 Å². The molecule has 1 atom stereocenters. The molecular weight excluding hydrogens is 240 g/mol. The van der Waals surface area contributed by atoms with Crippen molar-refractivity contribution in [1.29, 1.82) is 0 Å². The van der Waals surface area contributed by atoms with Gasteiger partial charge in [-0.3, -0.25) is 0 Å². The number of rotatable bonds is 7. The topological polar surface area (TPSA) is 20.2 Å². The summed E-state index contributed by atoms with van der Waals surface area (Å²) >= 11 is 0. The van der Waals surface area contributed by atoms with Gasteiger partial charge in [0.05, 0.1) is 6.10 Å². The molecule has 1 unspecified atom stereocenters. The van der Waals surface area contributed by atoms with E-state index >= 15 is 0 Å². The van der Waals surface area contributed by atoms with Crippen molar-refractivity contribution in [2.45, 2.75) is 76.7 Å². The number of hydrogen-bond donors (Lipinski definition) is 1. The maximum Gasteiger partial charge on any atom is 0.0577 e. The summed E-state index contributed by atoms with van der Waals surface area (Å²) in [6.07, 6.45) is 2.59. The first-order valence-electron chi connectivity index (χ1n) is 6.85. The van der Waals surface area contributed by atoms with Crippen molar-refractivity contribution in [3.8, 4) is 0 Å². The highest BCUT2D eigenvalue weighted by Gasteiger charge is 2.39. The van der Waals surface area contributed by atoms with Gasteiger partial charge in [-0.25, -0.2) is 0 Å². The number of aliphatic hydroxyl groups excluding tert-OH is 1. The fraction of sp³-hybridized carbons (Fsp3) is 0.857. The Labute approximate surface area is 110 Å². The molecule has 0 aliphatic heterocycles. The van der Waals surface area contributed by atoms with Crippen LogP contribution >= 0.6 is 0 Å². The summed E-state index contributed by atoms with van der Waals surface area (Å²) in [5.74, 6) is 0. The molecule has 0 aliphatic carbocycles. The van der Waals surface area contributed by atoms with Crippen LogP contribution in [0.3, 0.4) is 0 Å². The maximum absolute atomic E-state index is 9.97. The number of hydrogen-bond acceptors (Lipinski definition) is 1. The Bertz CT molecular complexity index is 234. The molecule has 0 spiro atoms. The minimum Gasteiger partial charge on any atom is -0.393 e. The summed E-state index contributed by atoms with van der Waals surface area (Å²) < 4.78 is 0. The third-order valence-electron chi connectivity index (χ3n) is 3.26. The summed E-state index contributed by atoms with van der Waals surface area (Å²) in [4.78, 5) is 0. The SMILES string of the molecule is C=C(CC(O)CCC)C([Si](C)(C)C)[Si](C)(C)C. The average molecular weight is 273 g/mol. The molecule has 0 fully saturated rings. The predicted octanol–water partition coefficient (Wildman–Crippen LogP) is 4.68. The van der Waals surface area contributed by atoms with Gasteiger partial charge in [0.2, 0.25) is 0 Å². The second-order valence-corrected chi connectivity index (χ2v) is 18.7. The van der Waals surface area contributed by atoms with Gasteiger partial charge < -0.3 is 5.11 Å². The van der Waals surface area contributed by atoms with Crippen LogP contribution in [0.1, 0.15) is 26.2 Å². The highest BCUT2D eigenvalue weighted by Crippen LogP contribution is 2.39. The fourth-order valence-electron chi connectivity index (χ4n) is 3.38. The van der Waals surface area contributed by atoms with Crippen molar-refractivity contribution in [2.75, 3.05) is 0 Å². The van der Waals surface area contributed by atoms with E-state index in [0.717, 1.165) is 19.3 Å². The van der Waals surface area contributed by atoms with Crippen LogP contribution in [0, 0.1) is 0 Å². The van der Waals surface area contributed by atoms with Crippen molar-refractivity contribution < 1.29 is 5.11 Å². The molecule has 0 rings (SSSR count). The number of aliphatic hydroxyl groups is 1. The lowest BCUT2D eigenvalue weighted by atomic mass is 10.1. The molecule has 0 saturated heterocycles. The summed E-state index contributed by atoms with van der Waals surface area (Å²) in [6.45, 7) is 21.1. The van der Waals surface area contributed by atoms with E-state index in [1.807, 2.05) is 0 Å². The highest BCUT2D eigenvalue weighted by atomic mass is 28.4. The monoisotopic (exact) mass is 272 g/mol. The molecule has 17 heavy (non-hydrogen) atoms. The van der Waals surface area contributed by atoms with Gasteiger partial charge in [-0.05, 0) is 18.0 Å². The molecule has 0 aromatic heterocycles. The first-order valence-corrected chi connectivity index (χ1v) is 14.0. The van der Waals surface area contributed by atoms with Gasteiger partial charge in [0.15, 0.2) is 0 Å². The molecule has 102 valence electrons. The van der Waals surface area contributed by atoms with Gasteiger partial charge in [-0.2, -0.15) is 0 Å². The molecule has 1 N–H and O–H groups in total. The quantitative estimate of drug-likeness (QED) is 0.527. The molecular formula is C14H32OSi2. The van der Waals surface area contributed by atoms with Crippen LogP contribution in [0.2, 0.25) is 44.4 Å². The molecule has 0 bridgehead atoms. The van der Waals surface area contributed by atoms with Gasteiger partial charge in [0.1, 0.15) is 0 Å². The molecule has 0 aromatic carbocycles. The van der Waals surface area contributed by atoms with Crippen LogP contribution in [0.25, 0.3) is 0 Å².